The molecule has 3 heteroatoms. The number of nitrogens with one attached hydrogen (secondary N) is 1. The Balaban J connectivity index is 2.21. The first-order chi connectivity index (χ1) is 6.22. The number of thiophene rings is 1. The number of aliphatic hydroxyl groups is 1. The molecule has 2 nitrogen and oxygen atoms in total. The summed E-state index contributed by atoms with van der Waals surface area (Å²) in [5.74, 6) is 0. The van der Waals surface area contributed by atoms with Gasteiger partial charge in [-0.15, -0.1) is 11.3 Å². The molecule has 0 atom stereocenters. The van der Waals surface area contributed by atoms with Crippen LogP contribution in [0, 0.1) is 5.41 Å². The van der Waals surface area contributed by atoms with Crippen LogP contribution in [0.25, 0.3) is 0 Å². The summed E-state index contributed by atoms with van der Waals surface area (Å²) in [7, 11) is 0. The minimum absolute atomic E-state index is 0.417. The molecule has 0 spiro atoms. The normalized spacial score (nSPS) is 20.4. The molecule has 2 N–H and O–H groups in total. The van der Waals surface area contributed by atoms with Gasteiger partial charge < -0.3 is 10.5 Å². The summed E-state index contributed by atoms with van der Waals surface area (Å²) in [6.07, 6.45) is 3.60. The molecular weight excluding hydrogens is 182 g/mol. The van der Waals surface area contributed by atoms with E-state index >= 15 is 0 Å². The van der Waals surface area contributed by atoms with Gasteiger partial charge in [0.1, 0.15) is 5.60 Å². The zero-order valence-electron chi connectivity index (χ0n) is 7.42. The van der Waals surface area contributed by atoms with Gasteiger partial charge in [-0.3, -0.25) is 0 Å². The van der Waals surface area contributed by atoms with Crippen molar-refractivity contribution in [2.75, 3.05) is 0 Å². The molecule has 0 saturated heterocycles. The summed E-state index contributed by atoms with van der Waals surface area (Å²) in [5.41, 5.74) is -0.412. The molecule has 1 aliphatic carbocycles. The molecular formula is C10H13NOS. The lowest BCUT2D eigenvalue weighted by molar-refractivity contribution is 0.120. The first-order valence-electron chi connectivity index (χ1n) is 4.58. The summed E-state index contributed by atoms with van der Waals surface area (Å²) >= 11 is 1.53. The van der Waals surface area contributed by atoms with E-state index in [0.29, 0.717) is 5.71 Å². The van der Waals surface area contributed by atoms with Crippen LogP contribution in [-0.4, -0.2) is 16.4 Å². The SMILES string of the molecule is N=C(c1cccs1)C1(O)CCCC1. The van der Waals surface area contributed by atoms with Crippen LogP contribution < -0.4 is 0 Å². The Bertz CT molecular complexity index is 299. The molecule has 0 amide bonds. The summed E-state index contributed by atoms with van der Waals surface area (Å²) in [5, 5.41) is 20.0. The van der Waals surface area contributed by atoms with Crippen molar-refractivity contribution in [3.63, 3.8) is 0 Å². The Morgan fingerprint density at radius 2 is 2.15 bits per heavy atom. The fraction of sp³-hybridized carbons (Fsp3) is 0.500. The van der Waals surface area contributed by atoms with Crippen LogP contribution in [0.2, 0.25) is 0 Å². The second-order valence-corrected chi connectivity index (χ2v) is 4.54. The van der Waals surface area contributed by atoms with Crippen molar-refractivity contribution in [1.82, 2.24) is 0 Å². The molecule has 1 fully saturated rings. The Morgan fingerprint density at radius 3 is 2.69 bits per heavy atom. The van der Waals surface area contributed by atoms with Crippen LogP contribution in [0.5, 0.6) is 0 Å². The lowest BCUT2D eigenvalue weighted by atomic mass is 9.95. The minimum atomic E-state index is -0.829. The highest BCUT2D eigenvalue weighted by atomic mass is 32.1. The summed E-state index contributed by atoms with van der Waals surface area (Å²) in [6, 6.07) is 3.83. The summed E-state index contributed by atoms with van der Waals surface area (Å²) < 4.78 is 0. The van der Waals surface area contributed by atoms with Gasteiger partial charge in [0, 0.05) is 0 Å². The van der Waals surface area contributed by atoms with Gasteiger partial charge in [-0.2, -0.15) is 0 Å². The van der Waals surface area contributed by atoms with E-state index in [0.717, 1.165) is 30.6 Å². The summed E-state index contributed by atoms with van der Waals surface area (Å²) in [4.78, 5) is 0.907. The molecule has 1 saturated carbocycles. The van der Waals surface area contributed by atoms with Gasteiger partial charge in [-0.1, -0.05) is 18.9 Å². The van der Waals surface area contributed by atoms with Gasteiger partial charge in [-0.05, 0) is 24.3 Å². The molecule has 1 aromatic rings. The fourth-order valence-corrected chi connectivity index (χ4v) is 2.63. The zero-order valence-corrected chi connectivity index (χ0v) is 8.23. The maximum absolute atomic E-state index is 10.1. The predicted molar refractivity (Wildman–Crippen MR) is 54.6 cm³/mol. The lowest BCUT2D eigenvalue weighted by Gasteiger charge is -2.22. The van der Waals surface area contributed by atoms with Crippen LogP contribution in [0.15, 0.2) is 17.5 Å². The van der Waals surface area contributed by atoms with Gasteiger partial charge in [0.15, 0.2) is 0 Å². The summed E-state index contributed by atoms with van der Waals surface area (Å²) in [6.45, 7) is 0. The molecule has 0 bridgehead atoms. The zero-order chi connectivity index (χ0) is 9.31. The first-order valence-corrected chi connectivity index (χ1v) is 5.46. The maximum atomic E-state index is 10.1. The quantitative estimate of drug-likeness (QED) is 0.699. The molecule has 2 rings (SSSR count). The number of hydrogen-bond donors (Lipinski definition) is 2. The van der Waals surface area contributed by atoms with Crippen molar-refractivity contribution in [2.24, 2.45) is 0 Å². The third-order valence-electron chi connectivity index (χ3n) is 2.66. The molecule has 0 unspecified atom stereocenters. The average molecular weight is 195 g/mol. The number of hydrogen-bond acceptors (Lipinski definition) is 3. The van der Waals surface area contributed by atoms with Crippen molar-refractivity contribution in [3.05, 3.63) is 22.4 Å². The smallest absolute Gasteiger partial charge is 0.107 e. The van der Waals surface area contributed by atoms with E-state index in [4.69, 9.17) is 5.41 Å². The average Bonchev–Trinajstić information content (AvgIpc) is 2.73. The fourth-order valence-electron chi connectivity index (χ4n) is 1.86. The van der Waals surface area contributed by atoms with Crippen molar-refractivity contribution < 1.29 is 5.11 Å². The molecule has 1 heterocycles. The molecule has 70 valence electrons. The van der Waals surface area contributed by atoms with E-state index in [1.165, 1.54) is 11.3 Å². The maximum Gasteiger partial charge on any atom is 0.107 e. The number of rotatable bonds is 2. The van der Waals surface area contributed by atoms with Gasteiger partial charge in [0.2, 0.25) is 0 Å². The monoisotopic (exact) mass is 195 g/mol. The van der Waals surface area contributed by atoms with Crippen LogP contribution >= 0.6 is 11.3 Å². The van der Waals surface area contributed by atoms with Crippen molar-refractivity contribution in [1.29, 1.82) is 5.41 Å². The highest BCUT2D eigenvalue weighted by molar-refractivity contribution is 7.12. The van der Waals surface area contributed by atoms with E-state index in [1.807, 2.05) is 17.5 Å². The molecule has 1 aliphatic rings. The van der Waals surface area contributed by atoms with Gasteiger partial charge in [0.05, 0.1) is 10.6 Å². The third-order valence-corrected chi connectivity index (χ3v) is 3.55. The Labute approximate surface area is 81.7 Å². The van der Waals surface area contributed by atoms with Crippen LogP contribution in [-0.2, 0) is 0 Å². The molecule has 13 heavy (non-hydrogen) atoms. The molecule has 0 radical (unpaired) electrons. The van der Waals surface area contributed by atoms with Crippen molar-refractivity contribution in [2.45, 2.75) is 31.3 Å². The first kappa shape index (κ1) is 8.91. The van der Waals surface area contributed by atoms with Crippen LogP contribution in [0.1, 0.15) is 30.6 Å². The molecule has 1 aromatic heterocycles. The van der Waals surface area contributed by atoms with E-state index in [-0.39, 0.29) is 0 Å². The molecule has 0 aliphatic heterocycles. The van der Waals surface area contributed by atoms with Gasteiger partial charge in [0.25, 0.3) is 0 Å². The van der Waals surface area contributed by atoms with E-state index in [9.17, 15) is 5.11 Å². The predicted octanol–water partition coefficient (Wildman–Crippen LogP) is 2.42. The van der Waals surface area contributed by atoms with E-state index in [1.54, 1.807) is 0 Å². The van der Waals surface area contributed by atoms with E-state index < -0.39 is 5.60 Å². The van der Waals surface area contributed by atoms with Gasteiger partial charge in [-0.25, -0.2) is 0 Å². The minimum Gasteiger partial charge on any atom is -0.384 e. The highest BCUT2D eigenvalue weighted by Gasteiger charge is 2.36. The van der Waals surface area contributed by atoms with Crippen molar-refractivity contribution >= 4 is 17.0 Å². The Morgan fingerprint density at radius 1 is 1.46 bits per heavy atom. The second kappa shape index (κ2) is 3.24. The highest BCUT2D eigenvalue weighted by Crippen LogP contribution is 2.33. The topological polar surface area (TPSA) is 44.1 Å². The largest absolute Gasteiger partial charge is 0.384 e. The lowest BCUT2D eigenvalue weighted by Crippen LogP contribution is -2.34. The van der Waals surface area contributed by atoms with E-state index in [2.05, 4.69) is 0 Å². The molecule has 0 aromatic carbocycles. The van der Waals surface area contributed by atoms with Crippen LogP contribution in [0.4, 0.5) is 0 Å². The van der Waals surface area contributed by atoms with Crippen LogP contribution in [0.3, 0.4) is 0 Å². The third kappa shape index (κ3) is 1.54. The Kier molecular flexibility index (Phi) is 2.22. The second-order valence-electron chi connectivity index (χ2n) is 3.59. The Hall–Kier alpha value is -0.670. The van der Waals surface area contributed by atoms with Gasteiger partial charge >= 0.3 is 0 Å². The van der Waals surface area contributed by atoms with Crippen molar-refractivity contribution in [3.8, 4) is 0 Å². The standard InChI is InChI=1S/C10H13NOS/c11-9(8-4-3-7-13-8)10(12)5-1-2-6-10/h3-4,7,11-12H,1-2,5-6H2.